The number of methoxy groups -OCH3 is 1. The lowest BCUT2D eigenvalue weighted by atomic mass is 9.88. The molecule has 0 spiro atoms. The summed E-state index contributed by atoms with van der Waals surface area (Å²) in [5, 5.41) is 14.4. The van der Waals surface area contributed by atoms with Crippen LogP contribution in [0.1, 0.15) is 45.9 Å². The number of rotatable bonds is 4. The van der Waals surface area contributed by atoms with Gasteiger partial charge in [-0.1, -0.05) is 20.8 Å². The Morgan fingerprint density at radius 1 is 1.50 bits per heavy atom. The third-order valence-electron chi connectivity index (χ3n) is 2.49. The Morgan fingerprint density at radius 3 is 2.56 bits per heavy atom. The van der Waals surface area contributed by atoms with Crippen LogP contribution in [0.2, 0.25) is 0 Å². The molecule has 92 valence electrons. The average Bonchev–Trinajstić information content (AvgIpc) is 2.57. The average molecular weight is 226 g/mol. The third kappa shape index (κ3) is 2.98. The first-order chi connectivity index (χ1) is 7.39. The third-order valence-corrected chi connectivity index (χ3v) is 2.49. The predicted octanol–water partition coefficient (Wildman–Crippen LogP) is 2.38. The SMILES string of the molecule is CCn1ncc(OC)c1C(O)CC(C)(C)C. The molecule has 1 atom stereocenters. The lowest BCUT2D eigenvalue weighted by molar-refractivity contribution is 0.111. The van der Waals surface area contributed by atoms with E-state index in [0.717, 1.165) is 12.2 Å². The van der Waals surface area contributed by atoms with Gasteiger partial charge in [0.05, 0.1) is 19.4 Å². The van der Waals surface area contributed by atoms with E-state index in [1.54, 1.807) is 18.0 Å². The Morgan fingerprint density at radius 2 is 2.12 bits per heavy atom. The Hall–Kier alpha value is -1.03. The first-order valence-corrected chi connectivity index (χ1v) is 5.66. The Balaban J connectivity index is 2.96. The van der Waals surface area contributed by atoms with Crippen molar-refractivity contribution in [1.29, 1.82) is 0 Å². The maximum absolute atomic E-state index is 10.2. The molecule has 1 rings (SSSR count). The van der Waals surface area contributed by atoms with Crippen molar-refractivity contribution in [1.82, 2.24) is 9.78 Å². The molecule has 0 saturated carbocycles. The van der Waals surface area contributed by atoms with E-state index in [1.807, 2.05) is 6.92 Å². The van der Waals surface area contributed by atoms with Crippen molar-refractivity contribution in [3.63, 3.8) is 0 Å². The molecule has 1 unspecified atom stereocenters. The summed E-state index contributed by atoms with van der Waals surface area (Å²) in [6.45, 7) is 9.06. The summed E-state index contributed by atoms with van der Waals surface area (Å²) in [7, 11) is 1.60. The summed E-state index contributed by atoms with van der Waals surface area (Å²) in [6.07, 6.45) is 1.82. The van der Waals surface area contributed by atoms with Crippen LogP contribution in [-0.4, -0.2) is 22.0 Å². The van der Waals surface area contributed by atoms with E-state index in [2.05, 4.69) is 25.9 Å². The standard InChI is InChI=1S/C12H22N2O2/c1-6-14-11(10(16-5)8-13-14)9(15)7-12(2,3)4/h8-9,15H,6-7H2,1-5H3. The van der Waals surface area contributed by atoms with Crippen LogP contribution in [-0.2, 0) is 6.54 Å². The van der Waals surface area contributed by atoms with Gasteiger partial charge in [-0.25, -0.2) is 0 Å². The fourth-order valence-electron chi connectivity index (χ4n) is 1.80. The fraction of sp³-hybridized carbons (Fsp3) is 0.750. The predicted molar refractivity (Wildman–Crippen MR) is 63.5 cm³/mol. The van der Waals surface area contributed by atoms with Crippen molar-refractivity contribution in [2.45, 2.75) is 46.8 Å². The lowest BCUT2D eigenvalue weighted by Gasteiger charge is -2.23. The summed E-state index contributed by atoms with van der Waals surface area (Å²) < 4.78 is 7.01. The molecular weight excluding hydrogens is 204 g/mol. The molecule has 1 heterocycles. The number of hydrogen-bond acceptors (Lipinski definition) is 3. The molecule has 4 nitrogen and oxygen atoms in total. The van der Waals surface area contributed by atoms with E-state index in [0.29, 0.717) is 12.2 Å². The first kappa shape index (κ1) is 13.0. The minimum Gasteiger partial charge on any atom is -0.493 e. The summed E-state index contributed by atoms with van der Waals surface area (Å²) in [5.41, 5.74) is 0.854. The summed E-state index contributed by atoms with van der Waals surface area (Å²) in [5.74, 6) is 0.665. The van der Waals surface area contributed by atoms with Gasteiger partial charge in [0.15, 0.2) is 5.75 Å². The van der Waals surface area contributed by atoms with Crippen molar-refractivity contribution in [2.24, 2.45) is 5.41 Å². The van der Waals surface area contributed by atoms with Crippen molar-refractivity contribution >= 4 is 0 Å². The van der Waals surface area contributed by atoms with E-state index in [-0.39, 0.29) is 5.41 Å². The molecule has 1 N–H and O–H groups in total. The van der Waals surface area contributed by atoms with Gasteiger partial charge >= 0.3 is 0 Å². The quantitative estimate of drug-likeness (QED) is 0.857. The minimum absolute atomic E-state index is 0.0767. The Labute approximate surface area is 97.2 Å². The number of aliphatic hydroxyl groups excluding tert-OH is 1. The Kier molecular flexibility index (Phi) is 3.97. The van der Waals surface area contributed by atoms with Crippen molar-refractivity contribution in [2.75, 3.05) is 7.11 Å². The number of hydrogen-bond donors (Lipinski definition) is 1. The van der Waals surface area contributed by atoms with Gasteiger partial charge in [-0.05, 0) is 18.8 Å². The van der Waals surface area contributed by atoms with Gasteiger partial charge in [-0.3, -0.25) is 4.68 Å². The first-order valence-electron chi connectivity index (χ1n) is 5.66. The maximum atomic E-state index is 10.2. The number of aliphatic hydroxyl groups is 1. The fourth-order valence-corrected chi connectivity index (χ4v) is 1.80. The zero-order valence-electron chi connectivity index (χ0n) is 10.8. The van der Waals surface area contributed by atoms with Crippen LogP contribution in [0.3, 0.4) is 0 Å². The van der Waals surface area contributed by atoms with Crippen molar-refractivity contribution < 1.29 is 9.84 Å². The zero-order chi connectivity index (χ0) is 12.3. The van der Waals surface area contributed by atoms with Crippen LogP contribution in [0.4, 0.5) is 0 Å². The van der Waals surface area contributed by atoms with Gasteiger partial charge < -0.3 is 9.84 Å². The smallest absolute Gasteiger partial charge is 0.162 e. The molecule has 1 aromatic heterocycles. The van der Waals surface area contributed by atoms with E-state index in [1.165, 1.54) is 0 Å². The second kappa shape index (κ2) is 4.87. The van der Waals surface area contributed by atoms with Crippen LogP contribution >= 0.6 is 0 Å². The number of ether oxygens (including phenoxy) is 1. The highest BCUT2D eigenvalue weighted by atomic mass is 16.5. The molecule has 1 aromatic rings. The second-order valence-electron chi connectivity index (χ2n) is 5.19. The molecule has 0 saturated heterocycles. The number of aromatic nitrogens is 2. The van der Waals surface area contributed by atoms with E-state index in [4.69, 9.17) is 4.74 Å². The summed E-state index contributed by atoms with van der Waals surface area (Å²) in [4.78, 5) is 0. The number of nitrogens with zero attached hydrogens (tertiary/aromatic N) is 2. The topological polar surface area (TPSA) is 47.3 Å². The summed E-state index contributed by atoms with van der Waals surface area (Å²) >= 11 is 0. The molecule has 0 amide bonds. The normalized spacial score (nSPS) is 13.9. The zero-order valence-corrected chi connectivity index (χ0v) is 10.8. The van der Waals surface area contributed by atoms with Crippen molar-refractivity contribution in [3.05, 3.63) is 11.9 Å². The van der Waals surface area contributed by atoms with Gasteiger partial charge in [-0.2, -0.15) is 5.10 Å². The highest BCUT2D eigenvalue weighted by molar-refractivity contribution is 5.27. The maximum Gasteiger partial charge on any atom is 0.162 e. The minimum atomic E-state index is -0.530. The molecule has 0 aliphatic rings. The molecule has 0 aliphatic carbocycles. The molecule has 0 aromatic carbocycles. The summed E-state index contributed by atoms with van der Waals surface area (Å²) in [6, 6.07) is 0. The van der Waals surface area contributed by atoms with Crippen LogP contribution in [0, 0.1) is 5.41 Å². The number of aryl methyl sites for hydroxylation is 1. The second-order valence-corrected chi connectivity index (χ2v) is 5.19. The molecule has 4 heteroatoms. The molecule has 0 bridgehead atoms. The Bertz CT molecular complexity index is 318. The molecule has 0 radical (unpaired) electrons. The van der Waals surface area contributed by atoms with Gasteiger partial charge in [-0.15, -0.1) is 0 Å². The largest absolute Gasteiger partial charge is 0.493 e. The van der Waals surface area contributed by atoms with Crippen LogP contribution < -0.4 is 4.74 Å². The highest BCUT2D eigenvalue weighted by Gasteiger charge is 2.24. The molecule has 0 aliphatic heterocycles. The van der Waals surface area contributed by atoms with Crippen LogP contribution in [0.5, 0.6) is 5.75 Å². The van der Waals surface area contributed by atoms with E-state index < -0.39 is 6.10 Å². The van der Waals surface area contributed by atoms with Gasteiger partial charge in [0.25, 0.3) is 0 Å². The van der Waals surface area contributed by atoms with Gasteiger partial charge in [0.1, 0.15) is 5.69 Å². The molecule has 0 fully saturated rings. The van der Waals surface area contributed by atoms with E-state index >= 15 is 0 Å². The molecule has 16 heavy (non-hydrogen) atoms. The van der Waals surface area contributed by atoms with Gasteiger partial charge in [0.2, 0.25) is 0 Å². The molecular formula is C12H22N2O2. The lowest BCUT2D eigenvalue weighted by Crippen LogP contribution is -2.15. The monoisotopic (exact) mass is 226 g/mol. The highest BCUT2D eigenvalue weighted by Crippen LogP contribution is 2.33. The van der Waals surface area contributed by atoms with Crippen LogP contribution in [0.25, 0.3) is 0 Å². The van der Waals surface area contributed by atoms with Crippen LogP contribution in [0.15, 0.2) is 6.20 Å². The van der Waals surface area contributed by atoms with Crippen molar-refractivity contribution in [3.8, 4) is 5.75 Å². The van der Waals surface area contributed by atoms with Gasteiger partial charge in [0, 0.05) is 6.54 Å². The van der Waals surface area contributed by atoms with E-state index in [9.17, 15) is 5.11 Å².